The number of carbonyl (C=O) groups excluding carboxylic acids is 2. The van der Waals surface area contributed by atoms with Crippen LogP contribution in [0.25, 0.3) is 10.8 Å². The monoisotopic (exact) mass is 437 g/mol. The highest BCUT2D eigenvalue weighted by atomic mass is 16.5. The van der Waals surface area contributed by atoms with Crippen LogP contribution in [0.3, 0.4) is 0 Å². The molecule has 0 aliphatic heterocycles. The zero-order valence-electron chi connectivity index (χ0n) is 19.1. The summed E-state index contributed by atoms with van der Waals surface area (Å²) in [4.78, 5) is 28.8. The van der Waals surface area contributed by atoms with Gasteiger partial charge in [0, 0.05) is 11.6 Å². The smallest absolute Gasteiger partial charge is 0.338 e. The van der Waals surface area contributed by atoms with Gasteiger partial charge in [-0.25, -0.2) is 4.79 Å². The molecule has 1 unspecified atom stereocenters. The molecule has 0 radical (unpaired) electrons. The number of hydrogen-bond acceptors (Lipinski definition) is 3. The molecule has 4 aromatic rings. The standard InChI is InChI=1S/C29H27NO3/c1-20(2)30(28(31)23-15-13-21(3)14-16-23)27(29(32)33-26-11-5-4-6-12-26)25-18-17-22-9-7-8-10-24(22)19-25/h4-20,27H,1-3H3. The Kier molecular flexibility index (Phi) is 6.55. The third-order valence-corrected chi connectivity index (χ3v) is 5.64. The van der Waals surface area contributed by atoms with Crippen molar-refractivity contribution in [3.63, 3.8) is 0 Å². The zero-order chi connectivity index (χ0) is 23.4. The Morgan fingerprint density at radius 2 is 1.39 bits per heavy atom. The average Bonchev–Trinajstić information content (AvgIpc) is 2.82. The maximum absolute atomic E-state index is 13.7. The van der Waals surface area contributed by atoms with Gasteiger partial charge in [-0.1, -0.05) is 72.3 Å². The van der Waals surface area contributed by atoms with E-state index in [9.17, 15) is 9.59 Å². The summed E-state index contributed by atoms with van der Waals surface area (Å²) in [6.45, 7) is 5.80. The van der Waals surface area contributed by atoms with Gasteiger partial charge < -0.3 is 9.64 Å². The maximum atomic E-state index is 13.7. The quantitative estimate of drug-likeness (QED) is 0.261. The Morgan fingerprint density at radius 1 is 0.758 bits per heavy atom. The number of benzene rings is 4. The van der Waals surface area contributed by atoms with Gasteiger partial charge in [-0.15, -0.1) is 0 Å². The van der Waals surface area contributed by atoms with Crippen molar-refractivity contribution in [3.8, 4) is 5.75 Å². The number of fused-ring (bicyclic) bond motifs is 1. The minimum Gasteiger partial charge on any atom is -0.425 e. The molecule has 33 heavy (non-hydrogen) atoms. The first kappa shape index (κ1) is 22.3. The predicted molar refractivity (Wildman–Crippen MR) is 131 cm³/mol. The van der Waals surface area contributed by atoms with E-state index in [1.807, 2.05) is 93.6 Å². The van der Waals surface area contributed by atoms with Crippen molar-refractivity contribution in [1.29, 1.82) is 0 Å². The second-order valence-electron chi connectivity index (χ2n) is 8.42. The number of nitrogens with zero attached hydrogens (tertiary/aromatic N) is 1. The summed E-state index contributed by atoms with van der Waals surface area (Å²) in [5.74, 6) is -0.265. The molecule has 0 saturated heterocycles. The van der Waals surface area contributed by atoms with E-state index in [2.05, 4.69) is 0 Å². The highest BCUT2D eigenvalue weighted by molar-refractivity contribution is 5.98. The molecule has 4 aromatic carbocycles. The third-order valence-electron chi connectivity index (χ3n) is 5.64. The van der Waals surface area contributed by atoms with Gasteiger partial charge in [-0.3, -0.25) is 4.79 Å². The lowest BCUT2D eigenvalue weighted by Crippen LogP contribution is -2.44. The number of aryl methyl sites for hydroxylation is 1. The van der Waals surface area contributed by atoms with Gasteiger partial charge in [0.1, 0.15) is 5.75 Å². The van der Waals surface area contributed by atoms with Gasteiger partial charge in [0.2, 0.25) is 0 Å². The molecule has 1 amide bonds. The molecule has 0 aliphatic carbocycles. The second-order valence-corrected chi connectivity index (χ2v) is 8.42. The van der Waals surface area contributed by atoms with Crippen LogP contribution in [0.15, 0.2) is 97.1 Å². The van der Waals surface area contributed by atoms with Gasteiger partial charge in [0.15, 0.2) is 6.04 Å². The van der Waals surface area contributed by atoms with Crippen LogP contribution in [0.4, 0.5) is 0 Å². The molecular weight excluding hydrogens is 410 g/mol. The minimum absolute atomic E-state index is 0.215. The number of rotatable bonds is 6. The molecule has 0 bridgehead atoms. The number of hydrogen-bond donors (Lipinski definition) is 0. The first-order chi connectivity index (χ1) is 15.9. The number of amides is 1. The van der Waals surface area contributed by atoms with Crippen molar-refractivity contribution in [3.05, 3.63) is 114 Å². The lowest BCUT2D eigenvalue weighted by Gasteiger charge is -2.34. The van der Waals surface area contributed by atoms with Crippen LogP contribution in [0.5, 0.6) is 5.75 Å². The number of para-hydroxylation sites is 1. The molecule has 0 aliphatic rings. The van der Waals surface area contributed by atoms with Crippen LogP contribution in [0, 0.1) is 6.92 Å². The Bertz CT molecular complexity index is 1260. The Hall–Kier alpha value is -3.92. The Labute approximate surface area is 194 Å². The van der Waals surface area contributed by atoms with Crippen molar-refractivity contribution in [1.82, 2.24) is 4.90 Å². The molecular formula is C29H27NO3. The third kappa shape index (κ3) is 4.96. The summed E-state index contributed by atoms with van der Waals surface area (Å²) in [6, 6.07) is 29.0. The summed E-state index contributed by atoms with van der Waals surface area (Å²) in [5, 5.41) is 2.07. The summed E-state index contributed by atoms with van der Waals surface area (Å²) >= 11 is 0. The van der Waals surface area contributed by atoms with Crippen molar-refractivity contribution in [2.24, 2.45) is 0 Å². The van der Waals surface area contributed by atoms with Crippen LogP contribution >= 0.6 is 0 Å². The van der Waals surface area contributed by atoms with E-state index in [-0.39, 0.29) is 11.9 Å². The molecule has 1 atom stereocenters. The Morgan fingerprint density at radius 3 is 2.06 bits per heavy atom. The molecule has 4 heteroatoms. The SMILES string of the molecule is Cc1ccc(C(=O)N(C(C)C)C(C(=O)Oc2ccccc2)c2ccc3ccccc3c2)cc1. The molecule has 0 aromatic heterocycles. The highest BCUT2D eigenvalue weighted by Crippen LogP contribution is 2.30. The van der Waals surface area contributed by atoms with Gasteiger partial charge in [0.25, 0.3) is 5.91 Å². The minimum atomic E-state index is -0.899. The number of carbonyl (C=O) groups is 2. The van der Waals surface area contributed by atoms with Crippen LogP contribution in [-0.4, -0.2) is 22.8 Å². The first-order valence-corrected chi connectivity index (χ1v) is 11.1. The van der Waals surface area contributed by atoms with Crippen LogP contribution < -0.4 is 4.74 Å². The molecule has 0 saturated carbocycles. The van der Waals surface area contributed by atoms with E-state index in [1.54, 1.807) is 29.2 Å². The van der Waals surface area contributed by atoms with E-state index < -0.39 is 12.0 Å². The fourth-order valence-corrected chi connectivity index (χ4v) is 3.94. The largest absolute Gasteiger partial charge is 0.425 e. The molecule has 4 rings (SSSR count). The second kappa shape index (κ2) is 9.70. The summed E-state index contributed by atoms with van der Waals surface area (Å²) in [7, 11) is 0. The van der Waals surface area contributed by atoms with Crippen molar-refractivity contribution >= 4 is 22.6 Å². The van der Waals surface area contributed by atoms with Gasteiger partial charge in [-0.2, -0.15) is 0 Å². The Balaban J connectivity index is 1.80. The van der Waals surface area contributed by atoms with Crippen molar-refractivity contribution in [2.45, 2.75) is 32.9 Å². The summed E-state index contributed by atoms with van der Waals surface area (Å²) in [6.07, 6.45) is 0. The van der Waals surface area contributed by atoms with E-state index in [1.165, 1.54) is 0 Å². The number of esters is 1. The zero-order valence-corrected chi connectivity index (χ0v) is 19.1. The van der Waals surface area contributed by atoms with Crippen LogP contribution in [0.2, 0.25) is 0 Å². The van der Waals surface area contributed by atoms with E-state index in [4.69, 9.17) is 4.74 Å². The fourth-order valence-electron chi connectivity index (χ4n) is 3.94. The van der Waals surface area contributed by atoms with Crippen LogP contribution in [0.1, 0.15) is 41.4 Å². The summed E-state index contributed by atoms with van der Waals surface area (Å²) in [5.41, 5.74) is 2.31. The lowest BCUT2D eigenvalue weighted by atomic mass is 9.98. The fraction of sp³-hybridized carbons (Fsp3) is 0.172. The van der Waals surface area contributed by atoms with Gasteiger partial charge in [-0.05, 0) is 67.4 Å². The molecule has 166 valence electrons. The maximum Gasteiger partial charge on any atom is 0.338 e. The highest BCUT2D eigenvalue weighted by Gasteiger charge is 2.35. The van der Waals surface area contributed by atoms with E-state index in [0.717, 1.165) is 16.3 Å². The molecule has 0 fully saturated rings. The van der Waals surface area contributed by atoms with Crippen LogP contribution in [-0.2, 0) is 4.79 Å². The van der Waals surface area contributed by atoms with Gasteiger partial charge >= 0.3 is 5.97 Å². The van der Waals surface area contributed by atoms with Crippen molar-refractivity contribution < 1.29 is 14.3 Å². The molecule has 0 spiro atoms. The normalized spacial score (nSPS) is 11.9. The summed E-state index contributed by atoms with van der Waals surface area (Å²) < 4.78 is 5.75. The van der Waals surface area contributed by atoms with E-state index >= 15 is 0 Å². The molecule has 4 nitrogen and oxygen atoms in total. The first-order valence-electron chi connectivity index (χ1n) is 11.1. The van der Waals surface area contributed by atoms with E-state index in [0.29, 0.717) is 16.9 Å². The number of ether oxygens (including phenoxy) is 1. The van der Waals surface area contributed by atoms with Gasteiger partial charge in [0.05, 0.1) is 0 Å². The predicted octanol–water partition coefficient (Wildman–Crippen LogP) is 6.35. The average molecular weight is 438 g/mol. The lowest BCUT2D eigenvalue weighted by molar-refractivity contribution is -0.140. The molecule has 0 N–H and O–H groups in total. The topological polar surface area (TPSA) is 46.6 Å². The van der Waals surface area contributed by atoms with Crippen molar-refractivity contribution in [2.75, 3.05) is 0 Å². The molecule has 0 heterocycles.